The molecular weight excluding hydrogens is 202 g/mol. The summed E-state index contributed by atoms with van der Waals surface area (Å²) >= 11 is 0. The van der Waals surface area contributed by atoms with Gasteiger partial charge in [0.05, 0.1) is 12.1 Å². The van der Waals surface area contributed by atoms with Crippen molar-refractivity contribution in [3.63, 3.8) is 0 Å². The molecule has 1 aliphatic rings. The minimum atomic E-state index is 0.245. The molecule has 2 rings (SSSR count). The molecule has 0 spiro atoms. The molecule has 2 heterocycles. The van der Waals surface area contributed by atoms with Gasteiger partial charge in [0.25, 0.3) is 0 Å². The normalized spacial score (nSPS) is 27.2. The fourth-order valence-electron chi connectivity index (χ4n) is 2.60. The molecule has 0 saturated carbocycles. The van der Waals surface area contributed by atoms with E-state index in [1.165, 1.54) is 5.56 Å². The van der Waals surface area contributed by atoms with Crippen LogP contribution < -0.4 is 5.32 Å². The zero-order chi connectivity index (χ0) is 11.7. The van der Waals surface area contributed by atoms with Crippen molar-refractivity contribution in [2.24, 2.45) is 5.92 Å². The first-order valence-electron chi connectivity index (χ1n) is 5.99. The monoisotopic (exact) mass is 223 g/mol. The fraction of sp³-hybridized carbons (Fsp3) is 0.692. The molecule has 3 heteroatoms. The van der Waals surface area contributed by atoms with Crippen LogP contribution in [0, 0.1) is 19.8 Å². The van der Waals surface area contributed by atoms with Crippen molar-refractivity contribution in [2.75, 3.05) is 13.7 Å². The largest absolute Gasteiger partial charge is 0.466 e. The Balaban J connectivity index is 2.25. The van der Waals surface area contributed by atoms with Gasteiger partial charge >= 0.3 is 0 Å². The third kappa shape index (κ3) is 2.02. The Labute approximate surface area is 97.2 Å². The van der Waals surface area contributed by atoms with Crippen molar-refractivity contribution in [1.82, 2.24) is 5.32 Å². The number of aryl methyl sites for hydroxylation is 2. The quantitative estimate of drug-likeness (QED) is 0.855. The molecule has 1 aromatic heterocycles. The van der Waals surface area contributed by atoms with Crippen LogP contribution in [0.15, 0.2) is 10.5 Å². The number of hydrogen-bond acceptors (Lipinski definition) is 3. The first kappa shape index (κ1) is 11.7. The highest BCUT2D eigenvalue weighted by atomic mass is 16.5. The lowest BCUT2D eigenvalue weighted by Crippen LogP contribution is -2.32. The third-order valence-corrected chi connectivity index (χ3v) is 3.50. The average molecular weight is 223 g/mol. The van der Waals surface area contributed by atoms with Gasteiger partial charge in [-0.05, 0) is 39.3 Å². The maximum atomic E-state index is 5.83. The molecule has 0 aromatic carbocycles. The molecular formula is C13H21NO2. The van der Waals surface area contributed by atoms with Crippen molar-refractivity contribution in [3.05, 3.63) is 23.2 Å². The van der Waals surface area contributed by atoms with E-state index in [0.29, 0.717) is 5.92 Å². The lowest BCUT2D eigenvalue weighted by atomic mass is 9.93. The molecule has 0 aliphatic carbocycles. The number of furan rings is 1. The number of nitrogens with one attached hydrogen (secondary N) is 1. The number of ether oxygens (including phenoxy) is 1. The van der Waals surface area contributed by atoms with Gasteiger partial charge in [-0.1, -0.05) is 6.92 Å². The Morgan fingerprint density at radius 3 is 2.62 bits per heavy atom. The fourth-order valence-corrected chi connectivity index (χ4v) is 2.60. The second-order valence-electron chi connectivity index (χ2n) is 4.74. The van der Waals surface area contributed by atoms with Gasteiger partial charge in [-0.15, -0.1) is 0 Å². The molecule has 1 aromatic rings. The second-order valence-corrected chi connectivity index (χ2v) is 4.74. The lowest BCUT2D eigenvalue weighted by Gasteiger charge is -2.25. The summed E-state index contributed by atoms with van der Waals surface area (Å²) < 4.78 is 11.4. The molecule has 1 fully saturated rings. The zero-order valence-corrected chi connectivity index (χ0v) is 10.5. The van der Waals surface area contributed by atoms with Gasteiger partial charge < -0.3 is 14.5 Å². The van der Waals surface area contributed by atoms with E-state index in [0.717, 1.165) is 24.5 Å². The summed E-state index contributed by atoms with van der Waals surface area (Å²) in [5.74, 6) is 2.57. The molecule has 16 heavy (non-hydrogen) atoms. The Morgan fingerprint density at radius 1 is 1.44 bits per heavy atom. The topological polar surface area (TPSA) is 34.4 Å². The van der Waals surface area contributed by atoms with Crippen LogP contribution >= 0.6 is 0 Å². The van der Waals surface area contributed by atoms with Crippen molar-refractivity contribution in [3.8, 4) is 0 Å². The predicted octanol–water partition coefficient (Wildman–Crippen LogP) is 2.58. The Morgan fingerprint density at radius 2 is 2.19 bits per heavy atom. The van der Waals surface area contributed by atoms with Crippen molar-refractivity contribution in [1.29, 1.82) is 0 Å². The van der Waals surface area contributed by atoms with Gasteiger partial charge in [-0.3, -0.25) is 0 Å². The number of hydrogen-bond donors (Lipinski definition) is 1. The summed E-state index contributed by atoms with van der Waals surface area (Å²) in [6, 6.07) is 2.36. The smallest absolute Gasteiger partial charge is 0.105 e. The van der Waals surface area contributed by atoms with Crippen molar-refractivity contribution < 1.29 is 9.15 Å². The molecule has 0 amide bonds. The third-order valence-electron chi connectivity index (χ3n) is 3.50. The molecule has 1 N–H and O–H groups in total. The summed E-state index contributed by atoms with van der Waals surface area (Å²) in [5, 5.41) is 3.36. The summed E-state index contributed by atoms with van der Waals surface area (Å²) in [6.07, 6.45) is 1.42. The van der Waals surface area contributed by atoms with Crippen LogP contribution in [0.2, 0.25) is 0 Å². The summed E-state index contributed by atoms with van der Waals surface area (Å²) in [6.45, 7) is 7.14. The van der Waals surface area contributed by atoms with E-state index in [1.807, 2.05) is 20.9 Å². The minimum absolute atomic E-state index is 0.245. The number of likely N-dealkylation sites (N-methyl/N-ethyl adjacent to an activating group) is 1. The highest BCUT2D eigenvalue weighted by Gasteiger charge is 2.33. The maximum Gasteiger partial charge on any atom is 0.105 e. The van der Waals surface area contributed by atoms with Crippen molar-refractivity contribution in [2.45, 2.75) is 39.3 Å². The summed E-state index contributed by atoms with van der Waals surface area (Å²) in [7, 11) is 1.99. The molecule has 1 aliphatic heterocycles. The standard InChI is InChI=1S/C13H21NO2/c1-8-5-6-15-13(8)12(14-4)11-7-9(2)16-10(11)3/h7-8,12-14H,5-6H2,1-4H3. The Kier molecular flexibility index (Phi) is 3.36. The van der Waals surface area contributed by atoms with Gasteiger partial charge in [-0.25, -0.2) is 0 Å². The molecule has 3 nitrogen and oxygen atoms in total. The van der Waals surface area contributed by atoms with Crippen LogP contribution in [-0.2, 0) is 4.74 Å². The minimum Gasteiger partial charge on any atom is -0.466 e. The van der Waals surface area contributed by atoms with Crippen LogP contribution in [0.3, 0.4) is 0 Å². The first-order chi connectivity index (χ1) is 7.63. The lowest BCUT2D eigenvalue weighted by molar-refractivity contribution is 0.0627. The SMILES string of the molecule is CNC(c1cc(C)oc1C)C1OCCC1C. The predicted molar refractivity (Wildman–Crippen MR) is 63.5 cm³/mol. The van der Waals surface area contributed by atoms with E-state index in [9.17, 15) is 0 Å². The Bertz CT molecular complexity index is 359. The van der Waals surface area contributed by atoms with Gasteiger partial charge in [-0.2, -0.15) is 0 Å². The molecule has 3 atom stereocenters. The number of rotatable bonds is 3. The summed E-state index contributed by atoms with van der Waals surface area (Å²) in [5.41, 5.74) is 1.23. The van der Waals surface area contributed by atoms with Gasteiger partial charge in [0.1, 0.15) is 11.5 Å². The molecule has 3 unspecified atom stereocenters. The van der Waals surface area contributed by atoms with Crippen LogP contribution in [0.1, 0.15) is 36.5 Å². The highest BCUT2D eigenvalue weighted by Crippen LogP contribution is 2.33. The van der Waals surface area contributed by atoms with Gasteiger partial charge in [0.2, 0.25) is 0 Å². The Hall–Kier alpha value is -0.800. The zero-order valence-electron chi connectivity index (χ0n) is 10.5. The van der Waals surface area contributed by atoms with E-state index < -0.39 is 0 Å². The molecule has 1 saturated heterocycles. The average Bonchev–Trinajstić information content (AvgIpc) is 2.77. The van der Waals surface area contributed by atoms with Crippen LogP contribution in [0.5, 0.6) is 0 Å². The van der Waals surface area contributed by atoms with Gasteiger partial charge in [0, 0.05) is 12.2 Å². The van der Waals surface area contributed by atoms with Crippen molar-refractivity contribution >= 4 is 0 Å². The van der Waals surface area contributed by atoms with Crippen LogP contribution in [0.25, 0.3) is 0 Å². The second kappa shape index (κ2) is 4.60. The maximum absolute atomic E-state index is 5.83. The van der Waals surface area contributed by atoms with E-state index in [2.05, 4.69) is 18.3 Å². The summed E-state index contributed by atoms with van der Waals surface area (Å²) in [4.78, 5) is 0. The molecule has 0 radical (unpaired) electrons. The highest BCUT2D eigenvalue weighted by molar-refractivity contribution is 5.25. The van der Waals surface area contributed by atoms with Crippen LogP contribution in [-0.4, -0.2) is 19.8 Å². The van der Waals surface area contributed by atoms with E-state index >= 15 is 0 Å². The van der Waals surface area contributed by atoms with Gasteiger partial charge in [0.15, 0.2) is 0 Å². The van der Waals surface area contributed by atoms with E-state index in [1.54, 1.807) is 0 Å². The molecule has 0 bridgehead atoms. The van der Waals surface area contributed by atoms with E-state index in [-0.39, 0.29) is 12.1 Å². The molecule has 90 valence electrons. The first-order valence-corrected chi connectivity index (χ1v) is 5.99. The van der Waals surface area contributed by atoms with Crippen LogP contribution in [0.4, 0.5) is 0 Å². The van der Waals surface area contributed by atoms with E-state index in [4.69, 9.17) is 9.15 Å².